The fourth-order valence-electron chi connectivity index (χ4n) is 3.01. The van der Waals surface area contributed by atoms with Crippen LogP contribution in [0.3, 0.4) is 0 Å². The molecule has 3 amide bonds. The van der Waals surface area contributed by atoms with Gasteiger partial charge in [-0.25, -0.2) is 0 Å². The maximum Gasteiger partial charge on any atom is 0.255 e. The van der Waals surface area contributed by atoms with E-state index in [9.17, 15) is 14.4 Å². The molecule has 2 aromatic rings. The number of rotatable bonds is 4. The first-order valence-electron chi connectivity index (χ1n) is 8.54. The number of anilines is 3. The third-order valence-electron chi connectivity index (χ3n) is 4.29. The summed E-state index contributed by atoms with van der Waals surface area (Å²) >= 11 is 0. The molecule has 0 bridgehead atoms. The van der Waals surface area contributed by atoms with Crippen LogP contribution in [-0.4, -0.2) is 24.3 Å². The van der Waals surface area contributed by atoms with Gasteiger partial charge in [0, 0.05) is 42.5 Å². The Morgan fingerprint density at radius 2 is 1.88 bits per heavy atom. The van der Waals surface area contributed by atoms with E-state index in [0.717, 1.165) is 17.7 Å². The number of hydrogen-bond acceptors (Lipinski definition) is 3. The number of carbonyl (C=O) groups excluding carboxylic acids is 3. The van der Waals surface area contributed by atoms with Gasteiger partial charge in [-0.1, -0.05) is 6.07 Å². The van der Waals surface area contributed by atoms with E-state index in [2.05, 4.69) is 10.6 Å². The third kappa shape index (κ3) is 3.91. The lowest BCUT2D eigenvalue weighted by molar-refractivity contribution is -0.117. The summed E-state index contributed by atoms with van der Waals surface area (Å²) in [6.45, 7) is 4.00. The molecule has 1 fully saturated rings. The number of aryl methyl sites for hydroxylation is 1. The van der Waals surface area contributed by atoms with Crippen molar-refractivity contribution >= 4 is 34.8 Å². The first-order chi connectivity index (χ1) is 12.4. The molecule has 0 radical (unpaired) electrons. The zero-order valence-electron chi connectivity index (χ0n) is 14.8. The van der Waals surface area contributed by atoms with Crippen molar-refractivity contribution in [1.29, 1.82) is 0 Å². The minimum absolute atomic E-state index is 0.0896. The van der Waals surface area contributed by atoms with Crippen molar-refractivity contribution in [3.8, 4) is 0 Å². The highest BCUT2D eigenvalue weighted by Gasteiger charge is 2.22. The Labute approximate surface area is 152 Å². The van der Waals surface area contributed by atoms with E-state index < -0.39 is 0 Å². The lowest BCUT2D eigenvalue weighted by Gasteiger charge is -2.16. The second-order valence-electron chi connectivity index (χ2n) is 6.36. The molecule has 0 unspecified atom stereocenters. The van der Waals surface area contributed by atoms with Crippen LogP contribution < -0.4 is 15.5 Å². The topological polar surface area (TPSA) is 78.5 Å². The summed E-state index contributed by atoms with van der Waals surface area (Å²) < 4.78 is 0. The second-order valence-corrected chi connectivity index (χ2v) is 6.36. The number of hydrogen-bond donors (Lipinski definition) is 2. The van der Waals surface area contributed by atoms with Crippen molar-refractivity contribution in [1.82, 2.24) is 0 Å². The van der Waals surface area contributed by atoms with E-state index in [-0.39, 0.29) is 17.7 Å². The van der Waals surface area contributed by atoms with Crippen LogP contribution in [0.5, 0.6) is 0 Å². The Hall–Kier alpha value is -3.15. The largest absolute Gasteiger partial charge is 0.326 e. The molecular weight excluding hydrogens is 330 g/mol. The average Bonchev–Trinajstić information content (AvgIpc) is 3.03. The van der Waals surface area contributed by atoms with Gasteiger partial charge in [0.25, 0.3) is 5.91 Å². The summed E-state index contributed by atoms with van der Waals surface area (Å²) in [5.41, 5.74) is 3.45. The van der Waals surface area contributed by atoms with Gasteiger partial charge in [-0.05, 0) is 55.3 Å². The Morgan fingerprint density at radius 3 is 2.54 bits per heavy atom. The number of nitrogens with one attached hydrogen (secondary N) is 2. The quantitative estimate of drug-likeness (QED) is 0.887. The fourth-order valence-corrected chi connectivity index (χ4v) is 3.01. The Balaban J connectivity index is 1.75. The molecule has 134 valence electrons. The van der Waals surface area contributed by atoms with Gasteiger partial charge >= 0.3 is 0 Å². The molecule has 1 aliphatic rings. The molecule has 1 saturated heterocycles. The van der Waals surface area contributed by atoms with E-state index in [4.69, 9.17) is 0 Å². The van der Waals surface area contributed by atoms with Crippen LogP contribution in [0.1, 0.15) is 35.7 Å². The van der Waals surface area contributed by atoms with Gasteiger partial charge < -0.3 is 15.5 Å². The molecule has 2 N–H and O–H groups in total. The maximum absolute atomic E-state index is 12.6. The number of amides is 3. The summed E-state index contributed by atoms with van der Waals surface area (Å²) in [6, 6.07) is 12.4. The highest BCUT2D eigenvalue weighted by atomic mass is 16.2. The van der Waals surface area contributed by atoms with Crippen molar-refractivity contribution in [2.75, 3.05) is 22.1 Å². The third-order valence-corrected chi connectivity index (χ3v) is 4.29. The second kappa shape index (κ2) is 7.39. The van der Waals surface area contributed by atoms with Crippen LogP contribution in [0.15, 0.2) is 42.5 Å². The zero-order chi connectivity index (χ0) is 18.7. The van der Waals surface area contributed by atoms with E-state index in [1.54, 1.807) is 41.3 Å². The Bertz CT molecular complexity index is 876. The van der Waals surface area contributed by atoms with Gasteiger partial charge in [0.05, 0.1) is 0 Å². The Kier molecular flexibility index (Phi) is 5.02. The first-order valence-corrected chi connectivity index (χ1v) is 8.54. The molecule has 0 atom stereocenters. The van der Waals surface area contributed by atoms with Gasteiger partial charge in [-0.15, -0.1) is 0 Å². The summed E-state index contributed by atoms with van der Waals surface area (Å²) in [6.07, 6.45) is 1.39. The van der Waals surface area contributed by atoms with E-state index in [0.29, 0.717) is 29.9 Å². The van der Waals surface area contributed by atoms with Crippen LogP contribution >= 0.6 is 0 Å². The molecule has 2 aromatic carbocycles. The molecule has 0 spiro atoms. The molecule has 6 nitrogen and oxygen atoms in total. The highest BCUT2D eigenvalue weighted by molar-refractivity contribution is 6.06. The van der Waals surface area contributed by atoms with Crippen LogP contribution in [0, 0.1) is 6.92 Å². The van der Waals surface area contributed by atoms with E-state index in [1.165, 1.54) is 6.92 Å². The fraction of sp³-hybridized carbons (Fsp3) is 0.250. The van der Waals surface area contributed by atoms with Gasteiger partial charge in [0.1, 0.15) is 0 Å². The number of benzene rings is 2. The normalized spacial score (nSPS) is 13.6. The first kappa shape index (κ1) is 17.7. The summed E-state index contributed by atoms with van der Waals surface area (Å²) in [7, 11) is 0. The molecule has 3 rings (SSSR count). The molecule has 26 heavy (non-hydrogen) atoms. The standard InChI is InChI=1S/C20H21N3O3/c1-13-11-16(8-9-18(13)21-14(2)24)22-20(26)15-5-3-6-17(12-15)23-10-4-7-19(23)25/h3,5-6,8-9,11-12H,4,7,10H2,1-2H3,(H,21,24)(H,22,26). The van der Waals surface area contributed by atoms with Gasteiger partial charge in [-0.2, -0.15) is 0 Å². The molecule has 6 heteroatoms. The van der Waals surface area contributed by atoms with Crippen LogP contribution in [0.4, 0.5) is 17.1 Å². The summed E-state index contributed by atoms with van der Waals surface area (Å²) in [4.78, 5) is 37.3. The lowest BCUT2D eigenvalue weighted by Crippen LogP contribution is -2.24. The van der Waals surface area contributed by atoms with Crippen molar-refractivity contribution in [3.05, 3.63) is 53.6 Å². The van der Waals surface area contributed by atoms with E-state index in [1.807, 2.05) is 13.0 Å². The molecule has 0 aromatic heterocycles. The van der Waals surface area contributed by atoms with Crippen LogP contribution in [-0.2, 0) is 9.59 Å². The molecule has 0 aliphatic carbocycles. The monoisotopic (exact) mass is 351 g/mol. The van der Waals surface area contributed by atoms with Gasteiger partial charge in [0.15, 0.2) is 0 Å². The lowest BCUT2D eigenvalue weighted by atomic mass is 10.1. The zero-order valence-corrected chi connectivity index (χ0v) is 14.8. The van der Waals surface area contributed by atoms with Crippen LogP contribution in [0.2, 0.25) is 0 Å². The minimum atomic E-state index is -0.245. The molecule has 1 aliphatic heterocycles. The highest BCUT2D eigenvalue weighted by Crippen LogP contribution is 2.24. The molecule has 1 heterocycles. The molecule has 0 saturated carbocycles. The van der Waals surface area contributed by atoms with Crippen molar-refractivity contribution in [3.63, 3.8) is 0 Å². The Morgan fingerprint density at radius 1 is 1.08 bits per heavy atom. The van der Waals surface area contributed by atoms with Crippen molar-refractivity contribution in [2.45, 2.75) is 26.7 Å². The predicted octanol–water partition coefficient (Wildman–Crippen LogP) is 3.33. The van der Waals surface area contributed by atoms with Crippen molar-refractivity contribution in [2.24, 2.45) is 0 Å². The van der Waals surface area contributed by atoms with Crippen LogP contribution in [0.25, 0.3) is 0 Å². The van der Waals surface area contributed by atoms with Gasteiger partial charge in [-0.3, -0.25) is 14.4 Å². The molecular formula is C20H21N3O3. The number of carbonyl (C=O) groups is 3. The summed E-state index contributed by atoms with van der Waals surface area (Å²) in [5.74, 6) is -0.296. The van der Waals surface area contributed by atoms with Crippen molar-refractivity contribution < 1.29 is 14.4 Å². The maximum atomic E-state index is 12.6. The summed E-state index contributed by atoms with van der Waals surface area (Å²) in [5, 5.41) is 5.59. The van der Waals surface area contributed by atoms with Gasteiger partial charge in [0.2, 0.25) is 11.8 Å². The SMILES string of the molecule is CC(=O)Nc1ccc(NC(=O)c2cccc(N3CCCC3=O)c2)cc1C. The number of nitrogens with zero attached hydrogens (tertiary/aromatic N) is 1. The minimum Gasteiger partial charge on any atom is -0.326 e. The predicted molar refractivity (Wildman–Crippen MR) is 101 cm³/mol. The van der Waals surface area contributed by atoms with E-state index >= 15 is 0 Å². The average molecular weight is 351 g/mol. The smallest absolute Gasteiger partial charge is 0.255 e.